The van der Waals surface area contributed by atoms with Crippen LogP contribution < -0.4 is 15.8 Å². The van der Waals surface area contributed by atoms with E-state index in [1.165, 1.54) is 0 Å². The summed E-state index contributed by atoms with van der Waals surface area (Å²) in [5.74, 6) is 0.630. The molecule has 0 saturated carbocycles. The molecule has 102 valence electrons. The molecule has 0 unspecified atom stereocenters. The summed E-state index contributed by atoms with van der Waals surface area (Å²) in [5.41, 5.74) is 6.47. The molecule has 0 radical (unpaired) electrons. The Morgan fingerprint density at radius 1 is 1.39 bits per heavy atom. The minimum Gasteiger partial charge on any atom is -0.484 e. The number of ether oxygens (including phenoxy) is 1. The molecule has 1 aromatic rings. The third kappa shape index (κ3) is 7.14. The van der Waals surface area contributed by atoms with Gasteiger partial charge in [-0.25, -0.2) is 0 Å². The average molecular weight is 273 g/mol. The third-order valence-corrected chi connectivity index (χ3v) is 2.31. The fourth-order valence-corrected chi connectivity index (χ4v) is 1.40. The molecular weight excluding hydrogens is 252 g/mol. The zero-order valence-electron chi connectivity index (χ0n) is 10.6. The number of nitrogens with two attached hydrogens (primary N) is 1. The molecule has 0 aromatic heterocycles. The van der Waals surface area contributed by atoms with E-state index in [1.807, 2.05) is 31.2 Å². The van der Waals surface area contributed by atoms with Gasteiger partial charge in [0.15, 0.2) is 6.61 Å². The number of carbonyl (C=O) groups is 1. The van der Waals surface area contributed by atoms with Crippen LogP contribution in [0.3, 0.4) is 0 Å². The lowest BCUT2D eigenvalue weighted by Crippen LogP contribution is -2.29. The highest BCUT2D eigenvalue weighted by Gasteiger charge is 2.01. The van der Waals surface area contributed by atoms with Crippen molar-refractivity contribution in [1.29, 1.82) is 0 Å². The van der Waals surface area contributed by atoms with Gasteiger partial charge in [-0.1, -0.05) is 12.1 Å². The zero-order chi connectivity index (χ0) is 12.5. The van der Waals surface area contributed by atoms with Crippen LogP contribution in [0.1, 0.15) is 18.4 Å². The van der Waals surface area contributed by atoms with Crippen molar-refractivity contribution in [2.24, 2.45) is 5.73 Å². The van der Waals surface area contributed by atoms with E-state index in [1.54, 1.807) is 0 Å². The summed E-state index contributed by atoms with van der Waals surface area (Å²) >= 11 is 0. The Hall–Kier alpha value is -1.26. The Balaban J connectivity index is 0.00000289. The van der Waals surface area contributed by atoms with Gasteiger partial charge in [0.2, 0.25) is 0 Å². The van der Waals surface area contributed by atoms with Crippen molar-refractivity contribution in [3.8, 4) is 5.75 Å². The SMILES string of the molecule is Cc1cccc(OCC(=O)NCCCCN)c1.Cl. The molecule has 18 heavy (non-hydrogen) atoms. The van der Waals surface area contributed by atoms with Crippen molar-refractivity contribution in [3.63, 3.8) is 0 Å². The number of nitrogens with one attached hydrogen (secondary N) is 1. The van der Waals surface area contributed by atoms with Gasteiger partial charge >= 0.3 is 0 Å². The van der Waals surface area contributed by atoms with E-state index in [4.69, 9.17) is 10.5 Å². The van der Waals surface area contributed by atoms with Crippen molar-refractivity contribution >= 4 is 18.3 Å². The van der Waals surface area contributed by atoms with Crippen LogP contribution >= 0.6 is 12.4 Å². The third-order valence-electron chi connectivity index (χ3n) is 2.31. The second-order valence-corrected chi connectivity index (χ2v) is 3.95. The normalized spacial score (nSPS) is 9.44. The lowest BCUT2D eigenvalue weighted by atomic mass is 10.2. The van der Waals surface area contributed by atoms with E-state index in [-0.39, 0.29) is 24.9 Å². The predicted octanol–water partition coefficient (Wildman–Crippen LogP) is 1.65. The topological polar surface area (TPSA) is 64.3 Å². The second kappa shape index (κ2) is 9.74. The van der Waals surface area contributed by atoms with Gasteiger partial charge in [0.25, 0.3) is 5.91 Å². The molecule has 0 bridgehead atoms. The molecule has 4 nitrogen and oxygen atoms in total. The smallest absolute Gasteiger partial charge is 0.257 e. The van der Waals surface area contributed by atoms with Crippen LogP contribution in [-0.4, -0.2) is 25.6 Å². The molecule has 0 heterocycles. The minimum absolute atomic E-state index is 0. The number of hydrogen-bond acceptors (Lipinski definition) is 3. The lowest BCUT2D eigenvalue weighted by molar-refractivity contribution is -0.123. The van der Waals surface area contributed by atoms with E-state index >= 15 is 0 Å². The summed E-state index contributed by atoms with van der Waals surface area (Å²) in [4.78, 5) is 11.4. The van der Waals surface area contributed by atoms with Gasteiger partial charge in [0, 0.05) is 6.54 Å². The summed E-state index contributed by atoms with van der Waals surface area (Å²) in [6.07, 6.45) is 1.84. The molecule has 0 saturated heterocycles. The van der Waals surface area contributed by atoms with Crippen molar-refractivity contribution in [2.45, 2.75) is 19.8 Å². The molecule has 1 aromatic carbocycles. The van der Waals surface area contributed by atoms with Crippen molar-refractivity contribution < 1.29 is 9.53 Å². The molecule has 0 atom stereocenters. The van der Waals surface area contributed by atoms with Crippen LogP contribution in [-0.2, 0) is 4.79 Å². The molecule has 1 rings (SSSR count). The first-order chi connectivity index (χ1) is 8.22. The number of unbranched alkanes of at least 4 members (excludes halogenated alkanes) is 1. The van der Waals surface area contributed by atoms with Crippen molar-refractivity contribution in [2.75, 3.05) is 19.7 Å². The number of hydrogen-bond donors (Lipinski definition) is 2. The van der Waals surface area contributed by atoms with Crippen LogP contribution in [0.2, 0.25) is 0 Å². The van der Waals surface area contributed by atoms with E-state index < -0.39 is 0 Å². The Morgan fingerprint density at radius 2 is 2.17 bits per heavy atom. The molecule has 0 aliphatic rings. The van der Waals surface area contributed by atoms with Crippen LogP contribution in [0, 0.1) is 6.92 Å². The van der Waals surface area contributed by atoms with E-state index in [0.29, 0.717) is 13.1 Å². The number of benzene rings is 1. The monoisotopic (exact) mass is 272 g/mol. The quantitative estimate of drug-likeness (QED) is 0.742. The maximum absolute atomic E-state index is 11.4. The van der Waals surface area contributed by atoms with E-state index in [0.717, 1.165) is 24.2 Å². The predicted molar refractivity (Wildman–Crippen MR) is 75.2 cm³/mol. The standard InChI is InChI=1S/C13H20N2O2.ClH/c1-11-5-4-6-12(9-11)17-10-13(16)15-8-3-2-7-14;/h4-6,9H,2-3,7-8,10,14H2,1H3,(H,15,16);1H. The molecule has 0 aliphatic carbocycles. The summed E-state index contributed by atoms with van der Waals surface area (Å²) in [6.45, 7) is 3.37. The second-order valence-electron chi connectivity index (χ2n) is 3.95. The van der Waals surface area contributed by atoms with Gasteiger partial charge in [-0.3, -0.25) is 4.79 Å². The Bertz CT molecular complexity index is 359. The Morgan fingerprint density at radius 3 is 2.83 bits per heavy atom. The average Bonchev–Trinajstić information content (AvgIpc) is 2.32. The highest BCUT2D eigenvalue weighted by atomic mass is 35.5. The first kappa shape index (κ1) is 16.7. The molecule has 5 heteroatoms. The summed E-state index contributed by atoms with van der Waals surface area (Å²) in [7, 11) is 0. The number of carbonyl (C=O) groups excluding carboxylic acids is 1. The van der Waals surface area contributed by atoms with Crippen molar-refractivity contribution in [3.05, 3.63) is 29.8 Å². The molecule has 3 N–H and O–H groups in total. The van der Waals surface area contributed by atoms with Gasteiger partial charge < -0.3 is 15.8 Å². The van der Waals surface area contributed by atoms with Crippen LogP contribution in [0.5, 0.6) is 5.75 Å². The van der Waals surface area contributed by atoms with Crippen molar-refractivity contribution in [1.82, 2.24) is 5.32 Å². The van der Waals surface area contributed by atoms with Crippen LogP contribution in [0.25, 0.3) is 0 Å². The fourth-order valence-electron chi connectivity index (χ4n) is 1.40. The molecule has 1 amide bonds. The van der Waals surface area contributed by atoms with E-state index in [9.17, 15) is 4.79 Å². The first-order valence-electron chi connectivity index (χ1n) is 5.88. The summed E-state index contributed by atoms with van der Waals surface area (Å²) < 4.78 is 5.37. The van der Waals surface area contributed by atoms with Gasteiger partial charge in [-0.05, 0) is 44.0 Å². The highest BCUT2D eigenvalue weighted by Crippen LogP contribution is 2.11. The Labute approximate surface area is 114 Å². The van der Waals surface area contributed by atoms with Crippen LogP contribution in [0.4, 0.5) is 0 Å². The highest BCUT2D eigenvalue weighted by molar-refractivity contribution is 5.85. The number of aryl methyl sites for hydroxylation is 1. The van der Waals surface area contributed by atoms with Crippen LogP contribution in [0.15, 0.2) is 24.3 Å². The molecular formula is C13H21ClN2O2. The Kier molecular flexibility index (Phi) is 9.06. The number of halogens is 1. The first-order valence-corrected chi connectivity index (χ1v) is 5.88. The largest absolute Gasteiger partial charge is 0.484 e. The number of amides is 1. The lowest BCUT2D eigenvalue weighted by Gasteiger charge is -2.07. The van der Waals surface area contributed by atoms with Gasteiger partial charge in [0.05, 0.1) is 0 Å². The van der Waals surface area contributed by atoms with Gasteiger partial charge in [-0.15, -0.1) is 12.4 Å². The minimum atomic E-state index is -0.0940. The summed E-state index contributed by atoms with van der Waals surface area (Å²) in [6, 6.07) is 7.64. The molecule has 0 spiro atoms. The summed E-state index contributed by atoms with van der Waals surface area (Å²) in [5, 5.41) is 2.78. The van der Waals surface area contributed by atoms with Gasteiger partial charge in [0.1, 0.15) is 5.75 Å². The maximum Gasteiger partial charge on any atom is 0.257 e. The maximum atomic E-state index is 11.4. The zero-order valence-corrected chi connectivity index (χ0v) is 11.5. The van der Waals surface area contributed by atoms with E-state index in [2.05, 4.69) is 5.32 Å². The van der Waals surface area contributed by atoms with Gasteiger partial charge in [-0.2, -0.15) is 0 Å². The number of rotatable bonds is 7. The molecule has 0 fully saturated rings. The molecule has 0 aliphatic heterocycles. The fraction of sp³-hybridized carbons (Fsp3) is 0.462.